The first-order valence-corrected chi connectivity index (χ1v) is 9.16. The third kappa shape index (κ3) is 3.98. The fourth-order valence-corrected chi connectivity index (χ4v) is 2.95. The molecule has 4 rings (SSSR count). The quantitative estimate of drug-likeness (QED) is 0.552. The van der Waals surface area contributed by atoms with Gasteiger partial charge in [-0.05, 0) is 48.9 Å². The molecule has 0 aliphatic heterocycles. The Bertz CT molecular complexity index is 1180. The Morgan fingerprint density at radius 1 is 0.897 bits per heavy atom. The molecule has 0 fully saturated rings. The van der Waals surface area contributed by atoms with Gasteiger partial charge in [0.25, 0.3) is 11.8 Å². The summed E-state index contributed by atoms with van der Waals surface area (Å²) in [5, 5.41) is 13.9. The predicted octanol–water partition coefficient (Wildman–Crippen LogP) is 3.22. The lowest BCUT2D eigenvalue weighted by Gasteiger charge is -2.11. The highest BCUT2D eigenvalue weighted by molar-refractivity contribution is 6.05. The van der Waals surface area contributed by atoms with Crippen molar-refractivity contribution in [1.82, 2.24) is 19.9 Å². The highest BCUT2D eigenvalue weighted by Crippen LogP contribution is 2.18. The van der Waals surface area contributed by atoms with Gasteiger partial charge in [-0.15, -0.1) is 10.2 Å². The summed E-state index contributed by atoms with van der Waals surface area (Å²) in [5.74, 6) is 0.160. The van der Waals surface area contributed by atoms with E-state index in [0.29, 0.717) is 22.6 Å². The zero-order valence-electron chi connectivity index (χ0n) is 15.8. The number of carbonyl (C=O) groups excluding carboxylic acids is 2. The lowest BCUT2D eigenvalue weighted by molar-refractivity contribution is 0.0948. The number of benzene rings is 2. The van der Waals surface area contributed by atoms with E-state index in [-0.39, 0.29) is 18.4 Å². The van der Waals surface area contributed by atoms with Crippen molar-refractivity contribution < 1.29 is 9.59 Å². The minimum atomic E-state index is -0.257. The van der Waals surface area contributed by atoms with E-state index in [0.717, 1.165) is 11.2 Å². The Balaban J connectivity index is 1.47. The van der Waals surface area contributed by atoms with Gasteiger partial charge in [-0.3, -0.25) is 14.0 Å². The zero-order chi connectivity index (χ0) is 20.2. The Morgan fingerprint density at radius 2 is 1.69 bits per heavy atom. The average molecular weight is 385 g/mol. The summed E-state index contributed by atoms with van der Waals surface area (Å²) in [4.78, 5) is 25.0. The molecule has 0 aliphatic carbocycles. The number of nitrogens with one attached hydrogen (secondary N) is 2. The Morgan fingerprint density at radius 3 is 2.52 bits per heavy atom. The highest BCUT2D eigenvalue weighted by Gasteiger charge is 2.12. The van der Waals surface area contributed by atoms with Crippen LogP contribution in [0.5, 0.6) is 0 Å². The molecule has 4 aromatic rings. The summed E-state index contributed by atoms with van der Waals surface area (Å²) in [6, 6.07) is 19.8. The molecule has 2 aromatic carbocycles. The van der Waals surface area contributed by atoms with E-state index in [9.17, 15) is 9.59 Å². The van der Waals surface area contributed by atoms with E-state index >= 15 is 0 Å². The van der Waals surface area contributed by atoms with Crippen molar-refractivity contribution in [2.45, 2.75) is 13.5 Å². The fourth-order valence-electron chi connectivity index (χ4n) is 2.95. The van der Waals surface area contributed by atoms with Crippen molar-refractivity contribution in [2.24, 2.45) is 0 Å². The van der Waals surface area contributed by atoms with E-state index in [4.69, 9.17) is 0 Å². The maximum atomic E-state index is 12.6. The van der Waals surface area contributed by atoms with Gasteiger partial charge in [-0.2, -0.15) is 0 Å². The molecule has 0 unspecified atom stereocenters. The van der Waals surface area contributed by atoms with Crippen LogP contribution in [0.4, 0.5) is 5.69 Å². The molecule has 0 bridgehead atoms. The Hall–Kier alpha value is -4.00. The average Bonchev–Trinajstić information content (AvgIpc) is 3.17. The van der Waals surface area contributed by atoms with E-state index < -0.39 is 0 Å². The second-order valence-corrected chi connectivity index (χ2v) is 6.58. The van der Waals surface area contributed by atoms with Crippen LogP contribution in [0.15, 0.2) is 72.9 Å². The van der Waals surface area contributed by atoms with Crippen LogP contribution >= 0.6 is 0 Å². The standard InChI is InChI=1S/C22H19N5O2/c1-15-10-11-17(13-18(15)24-22(29)16-7-3-2-4-8-16)21(28)23-14-20-26-25-19-9-5-6-12-27(19)20/h2-13H,14H2,1H3,(H,23,28)(H,24,29). The molecule has 0 spiro atoms. The first-order chi connectivity index (χ1) is 14.1. The second-order valence-electron chi connectivity index (χ2n) is 6.58. The maximum absolute atomic E-state index is 12.6. The smallest absolute Gasteiger partial charge is 0.255 e. The minimum absolute atomic E-state index is 0.221. The third-order valence-electron chi connectivity index (χ3n) is 4.58. The molecule has 2 aromatic heterocycles. The first-order valence-electron chi connectivity index (χ1n) is 9.16. The zero-order valence-corrected chi connectivity index (χ0v) is 15.8. The lowest BCUT2D eigenvalue weighted by Crippen LogP contribution is -2.24. The van der Waals surface area contributed by atoms with E-state index in [2.05, 4.69) is 20.8 Å². The number of hydrogen-bond acceptors (Lipinski definition) is 4. The second kappa shape index (κ2) is 7.93. The summed E-state index contributed by atoms with van der Waals surface area (Å²) in [6.07, 6.45) is 1.85. The monoisotopic (exact) mass is 385 g/mol. The number of nitrogens with zero attached hydrogens (tertiary/aromatic N) is 3. The van der Waals surface area contributed by atoms with Gasteiger partial charge >= 0.3 is 0 Å². The van der Waals surface area contributed by atoms with Gasteiger partial charge in [-0.1, -0.05) is 30.3 Å². The largest absolute Gasteiger partial charge is 0.345 e. The van der Waals surface area contributed by atoms with Gasteiger partial charge < -0.3 is 10.6 Å². The molecular weight excluding hydrogens is 366 g/mol. The predicted molar refractivity (Wildman–Crippen MR) is 110 cm³/mol. The molecule has 0 saturated carbocycles. The fraction of sp³-hybridized carbons (Fsp3) is 0.0909. The summed E-state index contributed by atoms with van der Waals surface area (Å²) < 4.78 is 1.82. The number of fused-ring (bicyclic) bond motifs is 1. The first kappa shape index (κ1) is 18.4. The van der Waals surface area contributed by atoms with Gasteiger partial charge in [0.1, 0.15) is 0 Å². The van der Waals surface area contributed by atoms with Gasteiger partial charge in [0.15, 0.2) is 11.5 Å². The summed E-state index contributed by atoms with van der Waals surface area (Å²) >= 11 is 0. The van der Waals surface area contributed by atoms with Crippen molar-refractivity contribution >= 4 is 23.1 Å². The van der Waals surface area contributed by atoms with Crippen LogP contribution in [0.1, 0.15) is 32.1 Å². The molecule has 2 heterocycles. The van der Waals surface area contributed by atoms with Crippen LogP contribution < -0.4 is 10.6 Å². The van der Waals surface area contributed by atoms with E-state index in [1.807, 2.05) is 47.9 Å². The van der Waals surface area contributed by atoms with Crippen molar-refractivity contribution in [1.29, 1.82) is 0 Å². The number of aryl methyl sites for hydroxylation is 1. The Labute approximate surface area is 167 Å². The van der Waals surface area contributed by atoms with Crippen molar-refractivity contribution in [3.63, 3.8) is 0 Å². The highest BCUT2D eigenvalue weighted by atomic mass is 16.2. The molecule has 0 atom stereocenters. The molecule has 7 heteroatoms. The summed E-state index contributed by atoms with van der Waals surface area (Å²) in [5.41, 5.74) is 3.19. The van der Waals surface area contributed by atoms with Gasteiger partial charge in [-0.25, -0.2) is 0 Å². The number of amides is 2. The number of anilines is 1. The van der Waals surface area contributed by atoms with E-state index in [1.165, 1.54) is 0 Å². The normalized spacial score (nSPS) is 10.7. The van der Waals surface area contributed by atoms with Crippen LogP contribution in [0.25, 0.3) is 5.65 Å². The molecule has 29 heavy (non-hydrogen) atoms. The molecule has 0 saturated heterocycles. The molecular formula is C22H19N5O2. The van der Waals surface area contributed by atoms with Crippen LogP contribution in [0, 0.1) is 6.92 Å². The number of hydrogen-bond donors (Lipinski definition) is 2. The Kier molecular flexibility index (Phi) is 5.03. The number of pyridine rings is 1. The number of carbonyl (C=O) groups is 2. The van der Waals surface area contributed by atoms with E-state index in [1.54, 1.807) is 36.4 Å². The molecule has 144 valence electrons. The molecule has 0 radical (unpaired) electrons. The maximum Gasteiger partial charge on any atom is 0.255 e. The van der Waals surface area contributed by atoms with Crippen LogP contribution in [0.2, 0.25) is 0 Å². The lowest BCUT2D eigenvalue weighted by atomic mass is 10.1. The molecule has 2 amide bonds. The SMILES string of the molecule is Cc1ccc(C(=O)NCc2nnc3ccccn23)cc1NC(=O)c1ccccc1. The topological polar surface area (TPSA) is 88.4 Å². The van der Waals surface area contributed by atoms with Crippen LogP contribution in [-0.4, -0.2) is 26.4 Å². The summed E-state index contributed by atoms with van der Waals surface area (Å²) in [7, 11) is 0. The number of rotatable bonds is 5. The van der Waals surface area contributed by atoms with Crippen molar-refractivity contribution in [2.75, 3.05) is 5.32 Å². The molecule has 0 aliphatic rings. The van der Waals surface area contributed by atoms with Crippen LogP contribution in [0.3, 0.4) is 0 Å². The third-order valence-corrected chi connectivity index (χ3v) is 4.58. The van der Waals surface area contributed by atoms with Crippen molar-refractivity contribution in [3.8, 4) is 0 Å². The van der Waals surface area contributed by atoms with Gasteiger partial charge in [0.05, 0.1) is 6.54 Å². The molecule has 7 nitrogen and oxygen atoms in total. The van der Waals surface area contributed by atoms with Gasteiger partial charge in [0.2, 0.25) is 0 Å². The summed E-state index contributed by atoms with van der Waals surface area (Å²) in [6.45, 7) is 2.12. The minimum Gasteiger partial charge on any atom is -0.345 e. The van der Waals surface area contributed by atoms with Crippen LogP contribution in [-0.2, 0) is 6.54 Å². The number of aromatic nitrogens is 3. The molecule has 2 N–H and O–H groups in total. The van der Waals surface area contributed by atoms with Gasteiger partial charge in [0, 0.05) is 23.0 Å². The van der Waals surface area contributed by atoms with Crippen molar-refractivity contribution in [3.05, 3.63) is 95.4 Å².